The van der Waals surface area contributed by atoms with Crippen LogP contribution in [0.3, 0.4) is 0 Å². The number of para-hydroxylation sites is 1. The molecule has 2 rings (SSSR count). The van der Waals surface area contributed by atoms with Crippen molar-refractivity contribution in [3.63, 3.8) is 0 Å². The van der Waals surface area contributed by atoms with Crippen LogP contribution in [0.2, 0.25) is 0 Å². The van der Waals surface area contributed by atoms with Crippen LogP contribution in [0, 0.1) is 0 Å². The Morgan fingerprint density at radius 2 is 1.77 bits per heavy atom. The SMILES string of the molecule is OB(O)O.c1ccc2scnc2c1. The highest BCUT2D eigenvalue weighted by Gasteiger charge is 1.92. The Hall–Kier alpha value is -0.945. The van der Waals surface area contributed by atoms with E-state index >= 15 is 0 Å². The summed E-state index contributed by atoms with van der Waals surface area (Å²) in [6.07, 6.45) is 0. The van der Waals surface area contributed by atoms with Gasteiger partial charge in [-0.3, -0.25) is 0 Å². The Morgan fingerprint density at radius 3 is 2.38 bits per heavy atom. The normalized spacial score (nSPS) is 9.15. The van der Waals surface area contributed by atoms with Gasteiger partial charge in [0.05, 0.1) is 15.7 Å². The monoisotopic (exact) mass is 197 g/mol. The van der Waals surface area contributed by atoms with Crippen LogP contribution in [0.25, 0.3) is 10.2 Å². The highest BCUT2D eigenvalue weighted by molar-refractivity contribution is 7.16. The molecule has 0 radical (unpaired) electrons. The number of nitrogens with zero attached hydrogens (tertiary/aromatic N) is 1. The van der Waals surface area contributed by atoms with Crippen LogP contribution in [0.5, 0.6) is 0 Å². The minimum absolute atomic E-state index is 1.10. The van der Waals surface area contributed by atoms with E-state index in [-0.39, 0.29) is 0 Å². The summed E-state index contributed by atoms with van der Waals surface area (Å²) in [5.74, 6) is 0. The van der Waals surface area contributed by atoms with Crippen molar-refractivity contribution in [3.05, 3.63) is 29.8 Å². The van der Waals surface area contributed by atoms with Gasteiger partial charge in [-0.15, -0.1) is 11.3 Å². The third kappa shape index (κ3) is 3.52. The zero-order chi connectivity index (χ0) is 9.68. The maximum Gasteiger partial charge on any atom is 0.631 e. The van der Waals surface area contributed by atoms with Crippen LogP contribution in [0.15, 0.2) is 29.8 Å². The lowest BCUT2D eigenvalue weighted by molar-refractivity contribution is 0.278. The molecular weight excluding hydrogens is 189 g/mol. The summed E-state index contributed by atoms with van der Waals surface area (Å²) in [4.78, 5) is 4.14. The first-order valence-corrected chi connectivity index (χ1v) is 4.40. The van der Waals surface area contributed by atoms with Crippen LogP contribution in [-0.4, -0.2) is 27.4 Å². The summed E-state index contributed by atoms with van der Waals surface area (Å²) >= 11 is 1.68. The average molecular weight is 197 g/mol. The van der Waals surface area contributed by atoms with E-state index in [1.807, 2.05) is 23.7 Å². The van der Waals surface area contributed by atoms with Crippen LogP contribution in [-0.2, 0) is 0 Å². The predicted octanol–water partition coefficient (Wildman–Crippen LogP) is 0.244. The maximum absolute atomic E-state index is 7.17. The molecule has 1 aromatic heterocycles. The van der Waals surface area contributed by atoms with Gasteiger partial charge in [-0.1, -0.05) is 12.1 Å². The Labute approximate surface area is 79.3 Å². The summed E-state index contributed by atoms with van der Waals surface area (Å²) in [5, 5.41) is 21.5. The highest BCUT2D eigenvalue weighted by Crippen LogP contribution is 2.15. The van der Waals surface area contributed by atoms with Gasteiger partial charge in [-0.25, -0.2) is 4.98 Å². The number of thiazole rings is 1. The molecule has 3 N–H and O–H groups in total. The van der Waals surface area contributed by atoms with Crippen LogP contribution >= 0.6 is 11.3 Å². The molecule has 68 valence electrons. The smallest absolute Gasteiger partial charge is 0.402 e. The van der Waals surface area contributed by atoms with Crippen LogP contribution in [0.1, 0.15) is 0 Å². The summed E-state index contributed by atoms with van der Waals surface area (Å²) in [5.41, 5.74) is 2.97. The van der Waals surface area contributed by atoms with E-state index < -0.39 is 7.32 Å². The zero-order valence-electron chi connectivity index (χ0n) is 6.66. The van der Waals surface area contributed by atoms with Gasteiger partial charge in [-0.05, 0) is 12.1 Å². The number of rotatable bonds is 0. The van der Waals surface area contributed by atoms with Crippen molar-refractivity contribution in [1.82, 2.24) is 4.98 Å². The van der Waals surface area contributed by atoms with E-state index in [2.05, 4.69) is 11.1 Å². The fourth-order valence-electron chi connectivity index (χ4n) is 0.803. The fourth-order valence-corrected chi connectivity index (χ4v) is 1.48. The van der Waals surface area contributed by atoms with Crippen molar-refractivity contribution < 1.29 is 15.1 Å². The van der Waals surface area contributed by atoms with E-state index in [1.165, 1.54) is 4.70 Å². The molecule has 0 unspecified atom stereocenters. The number of hydrogen-bond donors (Lipinski definition) is 3. The largest absolute Gasteiger partial charge is 0.631 e. The first-order valence-electron chi connectivity index (χ1n) is 3.52. The van der Waals surface area contributed by atoms with Gasteiger partial charge in [0, 0.05) is 0 Å². The Kier molecular flexibility index (Phi) is 3.85. The van der Waals surface area contributed by atoms with Crippen LogP contribution in [0.4, 0.5) is 0 Å². The van der Waals surface area contributed by atoms with Crippen molar-refractivity contribution >= 4 is 28.9 Å². The number of benzene rings is 1. The second-order valence-electron chi connectivity index (χ2n) is 2.17. The number of hydrogen-bond acceptors (Lipinski definition) is 5. The van der Waals surface area contributed by atoms with Crippen LogP contribution < -0.4 is 0 Å². The van der Waals surface area contributed by atoms with Gasteiger partial charge >= 0.3 is 7.32 Å². The highest BCUT2D eigenvalue weighted by atomic mass is 32.1. The molecule has 0 saturated heterocycles. The van der Waals surface area contributed by atoms with E-state index in [0.29, 0.717) is 0 Å². The van der Waals surface area contributed by atoms with Crippen molar-refractivity contribution in [1.29, 1.82) is 0 Å². The molecule has 0 amide bonds. The molecule has 1 heterocycles. The molecule has 0 bridgehead atoms. The standard InChI is InChI=1S/C7H5NS.BH3O3/c1-2-4-7-6(3-1)8-5-9-7;2-1(3)4/h1-5H;2-4H. The molecule has 0 atom stereocenters. The summed E-state index contributed by atoms with van der Waals surface area (Å²) in [7, 11) is -2.17. The lowest BCUT2D eigenvalue weighted by Gasteiger charge is -1.80. The van der Waals surface area contributed by atoms with Gasteiger partial charge in [-0.2, -0.15) is 0 Å². The lowest BCUT2D eigenvalue weighted by atomic mass is 10.3. The van der Waals surface area contributed by atoms with Gasteiger partial charge in [0.1, 0.15) is 0 Å². The van der Waals surface area contributed by atoms with E-state index in [0.717, 1.165) is 5.52 Å². The van der Waals surface area contributed by atoms with E-state index in [4.69, 9.17) is 15.1 Å². The number of aromatic nitrogens is 1. The fraction of sp³-hybridized carbons (Fsp3) is 0. The molecule has 1 aromatic carbocycles. The minimum atomic E-state index is -2.17. The third-order valence-corrected chi connectivity index (χ3v) is 2.05. The summed E-state index contributed by atoms with van der Waals surface area (Å²) in [6.45, 7) is 0. The quantitative estimate of drug-likeness (QED) is 0.529. The molecule has 0 spiro atoms. The molecule has 6 heteroatoms. The first kappa shape index (κ1) is 10.1. The molecule has 0 saturated carbocycles. The summed E-state index contributed by atoms with van der Waals surface area (Å²) < 4.78 is 1.26. The topological polar surface area (TPSA) is 73.6 Å². The molecule has 0 fully saturated rings. The predicted molar refractivity (Wildman–Crippen MR) is 52.0 cm³/mol. The number of fused-ring (bicyclic) bond motifs is 1. The van der Waals surface area contributed by atoms with Crippen molar-refractivity contribution in [2.24, 2.45) is 0 Å². The third-order valence-electron chi connectivity index (χ3n) is 1.24. The van der Waals surface area contributed by atoms with Gasteiger partial charge < -0.3 is 15.1 Å². The molecule has 0 aliphatic carbocycles. The minimum Gasteiger partial charge on any atom is -0.402 e. The van der Waals surface area contributed by atoms with Crippen molar-refractivity contribution in [2.45, 2.75) is 0 Å². The van der Waals surface area contributed by atoms with Crippen molar-refractivity contribution in [2.75, 3.05) is 0 Å². The van der Waals surface area contributed by atoms with Gasteiger partial charge in [0.2, 0.25) is 0 Å². The van der Waals surface area contributed by atoms with E-state index in [1.54, 1.807) is 11.3 Å². The maximum atomic E-state index is 7.17. The lowest BCUT2D eigenvalue weighted by Crippen LogP contribution is -2.07. The Balaban J connectivity index is 0.000000184. The average Bonchev–Trinajstić information content (AvgIpc) is 2.49. The molecule has 13 heavy (non-hydrogen) atoms. The Bertz CT molecular complexity index is 332. The second kappa shape index (κ2) is 4.93. The zero-order valence-corrected chi connectivity index (χ0v) is 7.48. The second-order valence-corrected chi connectivity index (χ2v) is 3.05. The van der Waals surface area contributed by atoms with E-state index in [9.17, 15) is 0 Å². The molecule has 4 nitrogen and oxygen atoms in total. The van der Waals surface area contributed by atoms with Gasteiger partial charge in [0.25, 0.3) is 0 Å². The van der Waals surface area contributed by atoms with Crippen molar-refractivity contribution in [3.8, 4) is 0 Å². The first-order chi connectivity index (χ1) is 6.20. The summed E-state index contributed by atoms with van der Waals surface area (Å²) in [6, 6.07) is 8.13. The molecular formula is C7H8BNO3S. The molecule has 0 aliphatic heterocycles. The molecule has 0 aliphatic rings. The Morgan fingerprint density at radius 1 is 1.15 bits per heavy atom. The molecule has 2 aromatic rings. The van der Waals surface area contributed by atoms with Gasteiger partial charge in [0.15, 0.2) is 0 Å².